The highest BCUT2D eigenvalue weighted by Gasteiger charge is 2.14. The summed E-state index contributed by atoms with van der Waals surface area (Å²) in [6.07, 6.45) is 3.22. The lowest BCUT2D eigenvalue weighted by atomic mass is 9.93. The molecule has 18 heavy (non-hydrogen) atoms. The summed E-state index contributed by atoms with van der Waals surface area (Å²) >= 11 is 0. The molecule has 1 atom stereocenters. The van der Waals surface area contributed by atoms with Gasteiger partial charge in [0.05, 0.1) is 0 Å². The van der Waals surface area contributed by atoms with Crippen LogP contribution in [0.25, 0.3) is 0 Å². The minimum Gasteiger partial charge on any atom is -0.310 e. The van der Waals surface area contributed by atoms with E-state index >= 15 is 0 Å². The van der Waals surface area contributed by atoms with Crippen LogP contribution in [0.3, 0.4) is 0 Å². The van der Waals surface area contributed by atoms with Crippen molar-refractivity contribution in [3.8, 4) is 11.8 Å². The zero-order valence-electron chi connectivity index (χ0n) is 12.1. The quantitative estimate of drug-likeness (QED) is 0.740. The summed E-state index contributed by atoms with van der Waals surface area (Å²) in [5.74, 6) is 6.16. The van der Waals surface area contributed by atoms with E-state index in [-0.39, 0.29) is 0 Å². The van der Waals surface area contributed by atoms with Crippen molar-refractivity contribution in [2.45, 2.75) is 53.0 Å². The third-order valence-electron chi connectivity index (χ3n) is 3.27. The van der Waals surface area contributed by atoms with Gasteiger partial charge in [0.15, 0.2) is 0 Å². The number of benzene rings is 1. The van der Waals surface area contributed by atoms with Crippen LogP contribution in [0.1, 0.15) is 55.8 Å². The lowest BCUT2D eigenvalue weighted by Gasteiger charge is -2.22. The van der Waals surface area contributed by atoms with Crippen LogP contribution >= 0.6 is 0 Å². The van der Waals surface area contributed by atoms with Crippen LogP contribution < -0.4 is 5.32 Å². The van der Waals surface area contributed by atoms with Crippen LogP contribution in [0.15, 0.2) is 18.2 Å². The van der Waals surface area contributed by atoms with Gasteiger partial charge in [-0.05, 0) is 56.8 Å². The fourth-order valence-corrected chi connectivity index (χ4v) is 2.39. The molecule has 0 aliphatic carbocycles. The van der Waals surface area contributed by atoms with Gasteiger partial charge in [-0.1, -0.05) is 25.1 Å². The Morgan fingerprint density at radius 1 is 1.22 bits per heavy atom. The van der Waals surface area contributed by atoms with E-state index in [1.54, 1.807) is 0 Å². The first-order valence-electron chi connectivity index (χ1n) is 6.89. The monoisotopic (exact) mass is 243 g/mol. The maximum absolute atomic E-state index is 3.66. The first kappa shape index (κ1) is 14.8. The van der Waals surface area contributed by atoms with Crippen LogP contribution in [-0.2, 0) is 0 Å². The molecule has 0 spiro atoms. The molecule has 1 heteroatoms. The molecule has 1 nitrogen and oxygen atoms in total. The van der Waals surface area contributed by atoms with Crippen molar-refractivity contribution in [2.24, 2.45) is 0 Å². The number of hydrogen-bond acceptors (Lipinski definition) is 1. The summed E-state index contributed by atoms with van der Waals surface area (Å²) in [5.41, 5.74) is 4.23. The SMILES string of the molecule is CC#CCCC(NCCC)c1c(C)cccc1C. The molecule has 1 aromatic rings. The van der Waals surface area contributed by atoms with Gasteiger partial charge < -0.3 is 5.32 Å². The Morgan fingerprint density at radius 2 is 1.89 bits per heavy atom. The molecule has 1 unspecified atom stereocenters. The van der Waals surface area contributed by atoms with Crippen LogP contribution in [0, 0.1) is 25.7 Å². The van der Waals surface area contributed by atoms with Gasteiger partial charge in [-0.25, -0.2) is 0 Å². The number of hydrogen-bond donors (Lipinski definition) is 1. The van der Waals surface area contributed by atoms with Crippen molar-refractivity contribution < 1.29 is 0 Å². The molecule has 1 aromatic carbocycles. The second kappa shape index (κ2) is 7.95. The van der Waals surface area contributed by atoms with Gasteiger partial charge in [-0.15, -0.1) is 11.8 Å². The van der Waals surface area contributed by atoms with Gasteiger partial charge in [0, 0.05) is 12.5 Å². The Labute approximate surface area is 112 Å². The molecule has 0 heterocycles. The first-order chi connectivity index (χ1) is 8.70. The van der Waals surface area contributed by atoms with Gasteiger partial charge in [-0.3, -0.25) is 0 Å². The Morgan fingerprint density at radius 3 is 2.44 bits per heavy atom. The zero-order chi connectivity index (χ0) is 13.4. The molecule has 0 aliphatic rings. The summed E-state index contributed by atoms with van der Waals surface area (Å²) in [6.45, 7) is 9.59. The predicted molar refractivity (Wildman–Crippen MR) is 79.6 cm³/mol. The van der Waals surface area contributed by atoms with E-state index in [1.165, 1.54) is 23.1 Å². The molecule has 98 valence electrons. The van der Waals surface area contributed by atoms with Gasteiger partial charge in [0.2, 0.25) is 0 Å². The van der Waals surface area contributed by atoms with Crippen molar-refractivity contribution in [3.63, 3.8) is 0 Å². The third-order valence-corrected chi connectivity index (χ3v) is 3.27. The minimum atomic E-state index is 0.437. The van der Waals surface area contributed by atoms with Crippen LogP contribution in [0.2, 0.25) is 0 Å². The molecule has 0 radical (unpaired) electrons. The number of aryl methyl sites for hydroxylation is 2. The first-order valence-corrected chi connectivity index (χ1v) is 6.89. The van der Waals surface area contributed by atoms with E-state index < -0.39 is 0 Å². The summed E-state index contributed by atoms with van der Waals surface area (Å²) in [6, 6.07) is 6.98. The smallest absolute Gasteiger partial charge is 0.0334 e. The van der Waals surface area contributed by atoms with Gasteiger partial charge >= 0.3 is 0 Å². The molecule has 0 saturated carbocycles. The summed E-state index contributed by atoms with van der Waals surface area (Å²) in [4.78, 5) is 0. The van der Waals surface area contributed by atoms with Gasteiger partial charge in [0.25, 0.3) is 0 Å². The summed E-state index contributed by atoms with van der Waals surface area (Å²) < 4.78 is 0. The van der Waals surface area contributed by atoms with Crippen molar-refractivity contribution in [1.82, 2.24) is 5.32 Å². The molecule has 1 N–H and O–H groups in total. The van der Waals surface area contributed by atoms with Crippen molar-refractivity contribution >= 4 is 0 Å². The Kier molecular flexibility index (Phi) is 6.54. The fraction of sp³-hybridized carbons (Fsp3) is 0.529. The largest absolute Gasteiger partial charge is 0.310 e. The maximum atomic E-state index is 3.66. The lowest BCUT2D eigenvalue weighted by molar-refractivity contribution is 0.501. The third kappa shape index (κ3) is 4.20. The normalized spacial score (nSPS) is 11.8. The fourth-order valence-electron chi connectivity index (χ4n) is 2.39. The molecule has 0 amide bonds. The second-order valence-electron chi connectivity index (χ2n) is 4.78. The highest BCUT2D eigenvalue weighted by molar-refractivity contribution is 5.36. The molecule has 0 bridgehead atoms. The zero-order valence-corrected chi connectivity index (χ0v) is 12.1. The Balaban J connectivity index is 2.88. The standard InChI is InChI=1S/C17H25N/c1-5-7-8-12-16(18-13-6-2)17-14(3)10-9-11-15(17)4/h9-11,16,18H,6,8,12-13H2,1-4H3. The molecule has 0 aromatic heterocycles. The molecular formula is C17H25N. The van der Waals surface area contributed by atoms with Crippen molar-refractivity contribution in [2.75, 3.05) is 6.54 Å². The van der Waals surface area contributed by atoms with E-state index in [4.69, 9.17) is 0 Å². The van der Waals surface area contributed by atoms with Crippen LogP contribution in [0.5, 0.6) is 0 Å². The molecule has 0 aliphatic heterocycles. The predicted octanol–water partition coefficient (Wildman–Crippen LogP) is 4.15. The molecular weight excluding hydrogens is 218 g/mol. The number of nitrogens with one attached hydrogen (secondary N) is 1. The van der Waals surface area contributed by atoms with Crippen molar-refractivity contribution in [3.05, 3.63) is 34.9 Å². The van der Waals surface area contributed by atoms with E-state index in [2.05, 4.69) is 56.1 Å². The van der Waals surface area contributed by atoms with E-state index in [1.807, 2.05) is 6.92 Å². The van der Waals surface area contributed by atoms with E-state index in [9.17, 15) is 0 Å². The molecule has 0 saturated heterocycles. The second-order valence-corrected chi connectivity index (χ2v) is 4.78. The highest BCUT2D eigenvalue weighted by Crippen LogP contribution is 2.25. The summed E-state index contributed by atoms with van der Waals surface area (Å²) in [5, 5.41) is 3.66. The van der Waals surface area contributed by atoms with E-state index in [0.29, 0.717) is 6.04 Å². The Hall–Kier alpha value is -1.26. The topological polar surface area (TPSA) is 12.0 Å². The van der Waals surface area contributed by atoms with Crippen molar-refractivity contribution in [1.29, 1.82) is 0 Å². The average Bonchev–Trinajstić information content (AvgIpc) is 2.35. The van der Waals surface area contributed by atoms with E-state index in [0.717, 1.165) is 19.4 Å². The van der Waals surface area contributed by atoms with Gasteiger partial charge in [0.1, 0.15) is 0 Å². The number of rotatable bonds is 6. The van der Waals surface area contributed by atoms with Crippen LogP contribution in [0.4, 0.5) is 0 Å². The molecule has 0 fully saturated rings. The maximum Gasteiger partial charge on any atom is 0.0334 e. The minimum absolute atomic E-state index is 0.437. The summed E-state index contributed by atoms with van der Waals surface area (Å²) in [7, 11) is 0. The lowest BCUT2D eigenvalue weighted by Crippen LogP contribution is -2.23. The average molecular weight is 243 g/mol. The Bertz CT molecular complexity index is 403. The van der Waals surface area contributed by atoms with Crippen LogP contribution in [-0.4, -0.2) is 6.54 Å². The molecule has 1 rings (SSSR count). The highest BCUT2D eigenvalue weighted by atomic mass is 14.9. The van der Waals surface area contributed by atoms with Gasteiger partial charge in [-0.2, -0.15) is 0 Å².